The second kappa shape index (κ2) is 12.8. The number of halogens is 1. The van der Waals surface area contributed by atoms with E-state index < -0.39 is 6.09 Å². The van der Waals surface area contributed by atoms with Crippen molar-refractivity contribution < 1.29 is 14.3 Å². The van der Waals surface area contributed by atoms with Crippen LogP contribution in [0.2, 0.25) is 5.02 Å². The van der Waals surface area contributed by atoms with Crippen LogP contribution >= 0.6 is 11.6 Å². The average Bonchev–Trinajstić information content (AvgIpc) is 3.60. The first-order valence-electron chi connectivity index (χ1n) is 13.8. The van der Waals surface area contributed by atoms with Crippen LogP contribution in [-0.4, -0.2) is 33.4 Å². The van der Waals surface area contributed by atoms with Gasteiger partial charge in [-0.3, -0.25) is 5.32 Å². The third kappa shape index (κ3) is 6.28. The van der Waals surface area contributed by atoms with Crippen LogP contribution in [0.4, 0.5) is 10.5 Å². The molecule has 1 atom stereocenters. The number of pyridine rings is 1. The van der Waals surface area contributed by atoms with Crippen molar-refractivity contribution >= 4 is 23.4 Å². The molecule has 0 bridgehead atoms. The number of hydrogen-bond donors (Lipinski definition) is 1. The summed E-state index contributed by atoms with van der Waals surface area (Å²) in [7, 11) is 1.32. The van der Waals surface area contributed by atoms with Crippen LogP contribution in [0.25, 0.3) is 27.9 Å². The number of tetrazole rings is 1. The fourth-order valence-corrected chi connectivity index (χ4v) is 5.40. The minimum Gasteiger partial charge on any atom is -0.618 e. The number of benzene rings is 4. The Morgan fingerprint density at radius 2 is 1.73 bits per heavy atom. The van der Waals surface area contributed by atoms with E-state index in [9.17, 15) is 10.0 Å². The van der Waals surface area contributed by atoms with Crippen LogP contribution < -0.4 is 10.0 Å². The van der Waals surface area contributed by atoms with E-state index in [1.807, 2.05) is 78.9 Å². The Bertz CT molecular complexity index is 1900. The molecule has 10 heteroatoms. The number of methoxy groups -OCH3 is 1. The monoisotopic (exact) mass is 602 g/mol. The van der Waals surface area contributed by atoms with E-state index in [1.165, 1.54) is 18.1 Å². The molecule has 0 fully saturated rings. The van der Waals surface area contributed by atoms with E-state index in [-0.39, 0.29) is 5.92 Å². The highest BCUT2D eigenvalue weighted by atomic mass is 35.5. The molecule has 1 N–H and O–H groups in total. The molecule has 44 heavy (non-hydrogen) atoms. The van der Waals surface area contributed by atoms with E-state index >= 15 is 0 Å². The van der Waals surface area contributed by atoms with Crippen LogP contribution in [0.5, 0.6) is 0 Å². The van der Waals surface area contributed by atoms with Gasteiger partial charge in [0.25, 0.3) is 0 Å². The minimum atomic E-state index is -0.526. The van der Waals surface area contributed by atoms with E-state index in [2.05, 4.69) is 43.8 Å². The van der Waals surface area contributed by atoms with Gasteiger partial charge in [-0.15, -0.1) is 5.10 Å². The molecule has 9 nitrogen and oxygen atoms in total. The van der Waals surface area contributed by atoms with E-state index in [1.54, 1.807) is 18.3 Å². The zero-order valence-electron chi connectivity index (χ0n) is 23.7. The van der Waals surface area contributed by atoms with Gasteiger partial charge in [-0.05, 0) is 75.5 Å². The summed E-state index contributed by atoms with van der Waals surface area (Å²) in [5, 5.41) is 28.5. The predicted octanol–water partition coefficient (Wildman–Crippen LogP) is 6.84. The van der Waals surface area contributed by atoms with Crippen molar-refractivity contribution in [3.63, 3.8) is 0 Å². The normalized spacial score (nSPS) is 11.6. The summed E-state index contributed by atoms with van der Waals surface area (Å²) in [6.07, 6.45) is 3.17. The van der Waals surface area contributed by atoms with Gasteiger partial charge in [0.1, 0.15) is 6.33 Å². The molecule has 2 heterocycles. The third-order valence-corrected chi connectivity index (χ3v) is 7.62. The van der Waals surface area contributed by atoms with Gasteiger partial charge in [0, 0.05) is 27.9 Å². The van der Waals surface area contributed by atoms with Gasteiger partial charge in [0.15, 0.2) is 6.20 Å². The Morgan fingerprint density at radius 1 is 0.932 bits per heavy atom. The molecule has 6 aromatic rings. The van der Waals surface area contributed by atoms with Gasteiger partial charge in [-0.25, -0.2) is 4.79 Å². The molecule has 2 aromatic heterocycles. The van der Waals surface area contributed by atoms with Crippen molar-refractivity contribution in [3.8, 4) is 27.9 Å². The zero-order chi connectivity index (χ0) is 30.5. The van der Waals surface area contributed by atoms with Crippen LogP contribution in [0, 0.1) is 5.21 Å². The summed E-state index contributed by atoms with van der Waals surface area (Å²) >= 11 is 6.35. The molecular formula is C34H27ClN6O3. The lowest BCUT2D eigenvalue weighted by atomic mass is 9.87. The maximum absolute atomic E-state index is 13.8. The largest absolute Gasteiger partial charge is 0.618 e. The number of hydrogen-bond acceptors (Lipinski definition) is 6. The van der Waals surface area contributed by atoms with E-state index in [4.69, 9.17) is 11.6 Å². The van der Waals surface area contributed by atoms with Crippen LogP contribution in [0.15, 0.2) is 122 Å². The first-order valence-corrected chi connectivity index (χ1v) is 14.2. The first kappa shape index (κ1) is 28.6. The minimum absolute atomic E-state index is 0.234. The summed E-state index contributed by atoms with van der Waals surface area (Å²) in [4.78, 5) is 11.6. The quantitative estimate of drug-likeness (QED) is 0.151. The van der Waals surface area contributed by atoms with Gasteiger partial charge >= 0.3 is 6.09 Å². The second-order valence-electron chi connectivity index (χ2n) is 10.1. The van der Waals surface area contributed by atoms with E-state index in [0.717, 1.165) is 32.5 Å². The summed E-state index contributed by atoms with van der Waals surface area (Å²) in [5.74, 6) is -0.234. The maximum atomic E-state index is 13.8. The molecule has 0 spiro atoms. The average molecular weight is 603 g/mol. The summed E-state index contributed by atoms with van der Waals surface area (Å²) in [6, 6.07) is 35.0. The molecule has 4 aromatic carbocycles. The molecular weight excluding hydrogens is 576 g/mol. The van der Waals surface area contributed by atoms with Crippen molar-refractivity contribution in [2.45, 2.75) is 12.3 Å². The van der Waals surface area contributed by atoms with Crippen molar-refractivity contribution in [1.82, 2.24) is 20.2 Å². The van der Waals surface area contributed by atoms with Gasteiger partial charge in [-0.2, -0.15) is 9.41 Å². The highest BCUT2D eigenvalue weighted by Gasteiger charge is 2.24. The molecule has 0 aliphatic heterocycles. The summed E-state index contributed by atoms with van der Waals surface area (Å²) in [5.41, 5.74) is 7.43. The molecule has 1 amide bonds. The zero-order valence-corrected chi connectivity index (χ0v) is 24.4. The summed E-state index contributed by atoms with van der Waals surface area (Å²) < 4.78 is 7.16. The molecule has 6 rings (SSSR count). The van der Waals surface area contributed by atoms with Crippen molar-refractivity contribution in [2.75, 3.05) is 12.4 Å². The topological polar surface area (TPSA) is 109 Å². The van der Waals surface area contributed by atoms with Gasteiger partial charge in [0.05, 0.1) is 18.7 Å². The van der Waals surface area contributed by atoms with Crippen LogP contribution in [-0.2, 0) is 11.2 Å². The lowest BCUT2D eigenvalue weighted by Gasteiger charge is -2.19. The van der Waals surface area contributed by atoms with Crippen molar-refractivity contribution in [1.29, 1.82) is 0 Å². The highest BCUT2D eigenvalue weighted by Crippen LogP contribution is 2.33. The molecule has 218 valence electrons. The van der Waals surface area contributed by atoms with Gasteiger partial charge < -0.3 is 9.94 Å². The van der Waals surface area contributed by atoms with Crippen molar-refractivity contribution in [2.24, 2.45) is 0 Å². The Labute approximate surface area is 258 Å². The fraction of sp³-hybridized carbons (Fsp3) is 0.0882. The molecule has 0 radical (unpaired) electrons. The predicted molar refractivity (Wildman–Crippen MR) is 168 cm³/mol. The van der Waals surface area contributed by atoms with Crippen LogP contribution in [0.1, 0.15) is 22.7 Å². The first-order chi connectivity index (χ1) is 21.5. The summed E-state index contributed by atoms with van der Waals surface area (Å²) in [6.45, 7) is 0. The Balaban J connectivity index is 1.38. The number of rotatable bonds is 8. The second-order valence-corrected chi connectivity index (χ2v) is 10.6. The molecule has 0 unspecified atom stereocenters. The van der Waals surface area contributed by atoms with Crippen molar-refractivity contribution in [3.05, 3.63) is 149 Å². The van der Waals surface area contributed by atoms with Crippen LogP contribution in [0.3, 0.4) is 0 Å². The standard InChI is InChI=1S/C34H27ClN6O3/c1-44-34(42)37-29-14-10-24(11-15-29)25-8-5-9-26(19-25)30(18-23-6-3-2-4-7-23)33-16-12-27(21-41(33)43)31-20-28(35)13-17-32(31)40-22-36-38-39-40/h2-17,19-22,30H,18H2,1H3,(H,37,42)/t30-/m0/s1. The lowest BCUT2D eigenvalue weighted by Crippen LogP contribution is -2.34. The fourth-order valence-electron chi connectivity index (χ4n) is 5.23. The molecule has 0 aliphatic carbocycles. The number of nitrogens with one attached hydrogen (secondary N) is 1. The highest BCUT2D eigenvalue weighted by molar-refractivity contribution is 6.31. The van der Waals surface area contributed by atoms with Gasteiger partial charge in [0.2, 0.25) is 5.69 Å². The lowest BCUT2D eigenvalue weighted by molar-refractivity contribution is -0.614. The number of ether oxygens (including phenoxy) is 1. The number of carbonyl (C=O) groups excluding carboxylic acids is 1. The molecule has 0 saturated carbocycles. The number of amides is 1. The Hall–Kier alpha value is -5.54. The Kier molecular flexibility index (Phi) is 8.29. The molecule has 0 saturated heterocycles. The third-order valence-electron chi connectivity index (χ3n) is 7.39. The number of carbonyl (C=O) groups is 1. The molecule has 0 aliphatic rings. The van der Waals surface area contributed by atoms with Gasteiger partial charge in [-0.1, -0.05) is 78.3 Å². The maximum Gasteiger partial charge on any atom is 0.411 e. The van der Waals surface area contributed by atoms with E-state index in [0.29, 0.717) is 34.1 Å². The smallest absolute Gasteiger partial charge is 0.411 e. The Morgan fingerprint density at radius 3 is 2.45 bits per heavy atom. The number of nitrogens with zero attached hydrogens (tertiary/aromatic N) is 5. The SMILES string of the molecule is COC(=O)Nc1ccc(-c2cccc([C@H](Cc3ccccc3)c3ccc(-c4cc(Cl)ccc4-n4cnnn4)c[n+]3[O-])c2)cc1. The number of aromatic nitrogens is 5. The number of anilines is 1.